The highest BCUT2D eigenvalue weighted by molar-refractivity contribution is 5.92. The summed E-state index contributed by atoms with van der Waals surface area (Å²) in [5, 5.41) is 11.4. The molecule has 1 aliphatic rings. The molecule has 6 nitrogen and oxygen atoms in total. The van der Waals surface area contributed by atoms with Gasteiger partial charge in [-0.3, -0.25) is 4.79 Å². The van der Waals surface area contributed by atoms with E-state index in [1.165, 1.54) is 21.6 Å². The highest BCUT2D eigenvalue weighted by atomic mass is 19.4. The van der Waals surface area contributed by atoms with Crippen LogP contribution in [-0.4, -0.2) is 33.3 Å². The van der Waals surface area contributed by atoms with Gasteiger partial charge in [-0.05, 0) is 18.6 Å². The second-order valence-electron chi connectivity index (χ2n) is 5.33. The third-order valence-corrected chi connectivity index (χ3v) is 3.73. The van der Waals surface area contributed by atoms with Crippen molar-refractivity contribution in [2.75, 3.05) is 18.4 Å². The van der Waals surface area contributed by atoms with Gasteiger partial charge >= 0.3 is 6.18 Å². The fourth-order valence-corrected chi connectivity index (χ4v) is 2.51. The summed E-state index contributed by atoms with van der Waals surface area (Å²) in [6, 6.07) is 2.18. The largest absolute Gasteiger partial charge is 0.417 e. The molecule has 0 radical (unpaired) electrons. The van der Waals surface area contributed by atoms with Crippen LogP contribution in [0.5, 0.6) is 0 Å². The van der Waals surface area contributed by atoms with Crippen molar-refractivity contribution >= 4 is 17.4 Å². The minimum atomic E-state index is -4.44. The van der Waals surface area contributed by atoms with Crippen LogP contribution in [0.1, 0.15) is 12.0 Å². The molecule has 23 heavy (non-hydrogen) atoms. The van der Waals surface area contributed by atoms with Crippen LogP contribution in [0.15, 0.2) is 24.5 Å². The van der Waals surface area contributed by atoms with Gasteiger partial charge in [0.25, 0.3) is 0 Å². The minimum Gasteiger partial charge on any atom is -0.310 e. The number of nitrogens with zero attached hydrogens (tertiary/aromatic N) is 4. The predicted octanol–water partition coefficient (Wildman–Crippen LogP) is 2.09. The van der Waals surface area contributed by atoms with Crippen LogP contribution in [0.25, 0.3) is 5.65 Å². The van der Waals surface area contributed by atoms with E-state index in [1.54, 1.807) is 0 Å². The average molecular weight is 323 g/mol. The second kappa shape index (κ2) is 5.46. The molecule has 1 N–H and O–H groups in total. The van der Waals surface area contributed by atoms with Crippen molar-refractivity contribution in [1.29, 1.82) is 5.26 Å². The number of imidazole rings is 1. The number of nitrogens with one attached hydrogen (secondary N) is 1. The Kier molecular flexibility index (Phi) is 3.60. The van der Waals surface area contributed by atoms with Crippen molar-refractivity contribution in [2.24, 2.45) is 5.92 Å². The summed E-state index contributed by atoms with van der Waals surface area (Å²) in [6.07, 6.45) is 0.358. The van der Waals surface area contributed by atoms with E-state index >= 15 is 0 Å². The van der Waals surface area contributed by atoms with Crippen LogP contribution in [-0.2, 0) is 11.0 Å². The van der Waals surface area contributed by atoms with E-state index in [-0.39, 0.29) is 17.6 Å². The zero-order valence-corrected chi connectivity index (χ0v) is 11.8. The number of alkyl halides is 3. The van der Waals surface area contributed by atoms with Gasteiger partial charge < -0.3 is 14.6 Å². The first kappa shape index (κ1) is 15.1. The maximum atomic E-state index is 12.7. The van der Waals surface area contributed by atoms with Crippen molar-refractivity contribution in [3.8, 4) is 6.19 Å². The number of likely N-dealkylation sites (tertiary alicyclic amines) is 1. The van der Waals surface area contributed by atoms with Crippen LogP contribution < -0.4 is 5.32 Å². The molecule has 0 aromatic carbocycles. The number of aromatic nitrogens is 2. The quantitative estimate of drug-likeness (QED) is 0.859. The Morgan fingerprint density at radius 3 is 2.83 bits per heavy atom. The molecule has 120 valence electrons. The number of amides is 1. The normalized spacial score (nSPS) is 18.2. The van der Waals surface area contributed by atoms with Crippen LogP contribution in [0.4, 0.5) is 19.0 Å². The van der Waals surface area contributed by atoms with Gasteiger partial charge in [-0.15, -0.1) is 0 Å². The molecule has 2 aromatic rings. The molecule has 1 amide bonds. The van der Waals surface area contributed by atoms with Gasteiger partial charge in [0, 0.05) is 19.3 Å². The number of anilines is 1. The molecule has 1 aliphatic heterocycles. The van der Waals surface area contributed by atoms with Crippen molar-refractivity contribution in [3.63, 3.8) is 0 Å². The fourth-order valence-electron chi connectivity index (χ4n) is 2.51. The molecule has 3 rings (SSSR count). The lowest BCUT2D eigenvalue weighted by molar-refractivity contribution is -0.137. The Balaban J connectivity index is 1.76. The van der Waals surface area contributed by atoms with Crippen LogP contribution >= 0.6 is 0 Å². The molecule has 1 fully saturated rings. The summed E-state index contributed by atoms with van der Waals surface area (Å²) in [7, 11) is 0. The summed E-state index contributed by atoms with van der Waals surface area (Å²) < 4.78 is 39.2. The number of pyridine rings is 1. The van der Waals surface area contributed by atoms with E-state index in [4.69, 9.17) is 5.26 Å². The van der Waals surface area contributed by atoms with E-state index in [1.807, 2.05) is 6.19 Å². The molecule has 0 unspecified atom stereocenters. The zero-order chi connectivity index (χ0) is 16.6. The molecular formula is C14H12F3N5O. The number of fused-ring (bicyclic) bond motifs is 1. The Morgan fingerprint density at radius 1 is 1.39 bits per heavy atom. The van der Waals surface area contributed by atoms with Crippen molar-refractivity contribution in [2.45, 2.75) is 12.6 Å². The van der Waals surface area contributed by atoms with Gasteiger partial charge in [0.15, 0.2) is 12.0 Å². The molecule has 3 heterocycles. The lowest BCUT2D eigenvalue weighted by Crippen LogP contribution is -2.25. The number of rotatable bonds is 2. The standard InChI is InChI=1S/C14H12F3N5O/c15-14(16,17)10-1-2-12-19-11(7-22(12)6-10)20-13(23)9-3-4-21(5-9)8-18/h1-2,6-7,9H,3-5H2,(H,20,23)/t9-/m0/s1. The number of hydrogen-bond donors (Lipinski definition) is 1. The van der Waals surface area contributed by atoms with Gasteiger partial charge in [0.05, 0.1) is 17.7 Å². The summed E-state index contributed by atoms with van der Waals surface area (Å²) in [5.74, 6) is -0.433. The van der Waals surface area contributed by atoms with Crippen LogP contribution in [0.2, 0.25) is 0 Å². The summed E-state index contributed by atoms with van der Waals surface area (Å²) in [4.78, 5) is 17.7. The number of halogens is 3. The van der Waals surface area contributed by atoms with Crippen LogP contribution in [0, 0.1) is 17.4 Å². The first-order valence-corrected chi connectivity index (χ1v) is 6.88. The highest BCUT2D eigenvalue weighted by Gasteiger charge is 2.31. The van der Waals surface area contributed by atoms with Crippen molar-refractivity contribution < 1.29 is 18.0 Å². The first-order chi connectivity index (χ1) is 10.9. The number of carbonyl (C=O) groups is 1. The Bertz CT molecular complexity index is 792. The molecule has 9 heteroatoms. The predicted molar refractivity (Wildman–Crippen MR) is 74.1 cm³/mol. The van der Waals surface area contributed by atoms with Crippen molar-refractivity contribution in [1.82, 2.24) is 14.3 Å². The molecular weight excluding hydrogens is 311 g/mol. The van der Waals surface area contributed by atoms with E-state index < -0.39 is 11.7 Å². The Morgan fingerprint density at radius 2 is 2.17 bits per heavy atom. The van der Waals surface area contributed by atoms with E-state index in [0.29, 0.717) is 25.2 Å². The maximum Gasteiger partial charge on any atom is 0.417 e. The minimum absolute atomic E-state index is 0.185. The first-order valence-electron chi connectivity index (χ1n) is 6.88. The second-order valence-corrected chi connectivity index (χ2v) is 5.33. The van der Waals surface area contributed by atoms with Gasteiger partial charge in [0.1, 0.15) is 5.65 Å². The lowest BCUT2D eigenvalue weighted by atomic mass is 10.1. The number of hydrogen-bond acceptors (Lipinski definition) is 4. The molecule has 1 atom stereocenters. The SMILES string of the molecule is N#CN1CC[C@H](C(=O)Nc2cn3cc(C(F)(F)F)ccc3n2)C1. The summed E-state index contributed by atoms with van der Waals surface area (Å²) in [5.41, 5.74) is -0.487. The number of nitriles is 1. The Hall–Kier alpha value is -2.76. The molecule has 0 aliphatic carbocycles. The maximum absolute atomic E-state index is 12.7. The molecule has 0 saturated carbocycles. The highest BCUT2D eigenvalue weighted by Crippen LogP contribution is 2.29. The summed E-state index contributed by atoms with van der Waals surface area (Å²) in [6.45, 7) is 0.864. The van der Waals surface area contributed by atoms with E-state index in [0.717, 1.165) is 12.3 Å². The van der Waals surface area contributed by atoms with Crippen molar-refractivity contribution in [3.05, 3.63) is 30.1 Å². The van der Waals surface area contributed by atoms with Gasteiger partial charge in [0.2, 0.25) is 5.91 Å². The number of carbonyl (C=O) groups excluding carboxylic acids is 1. The molecule has 2 aromatic heterocycles. The lowest BCUT2D eigenvalue weighted by Gasteiger charge is -2.08. The van der Waals surface area contributed by atoms with Gasteiger partial charge in [-0.25, -0.2) is 4.98 Å². The van der Waals surface area contributed by atoms with Crippen LogP contribution in [0.3, 0.4) is 0 Å². The zero-order valence-electron chi connectivity index (χ0n) is 11.8. The topological polar surface area (TPSA) is 73.4 Å². The van der Waals surface area contributed by atoms with Gasteiger partial charge in [-0.1, -0.05) is 0 Å². The smallest absolute Gasteiger partial charge is 0.310 e. The molecule has 0 bridgehead atoms. The van der Waals surface area contributed by atoms with E-state index in [9.17, 15) is 18.0 Å². The molecule has 0 spiro atoms. The monoisotopic (exact) mass is 323 g/mol. The summed E-state index contributed by atoms with van der Waals surface area (Å²) >= 11 is 0. The van der Waals surface area contributed by atoms with E-state index in [2.05, 4.69) is 10.3 Å². The fraction of sp³-hybridized carbons (Fsp3) is 0.357. The third-order valence-electron chi connectivity index (χ3n) is 3.73. The van der Waals surface area contributed by atoms with Gasteiger partial charge in [-0.2, -0.15) is 18.4 Å². The third kappa shape index (κ3) is 3.06. The Labute approximate surface area is 129 Å². The molecule has 1 saturated heterocycles. The average Bonchev–Trinajstić information content (AvgIpc) is 3.11.